The largest absolute Gasteiger partial charge is 0.461 e. The van der Waals surface area contributed by atoms with Crippen LogP contribution in [0.5, 0.6) is 0 Å². The van der Waals surface area contributed by atoms with Gasteiger partial charge in [-0.3, -0.25) is 4.79 Å². The number of rotatable bonds is 6. The molecule has 122 valence electrons. The van der Waals surface area contributed by atoms with Crippen LogP contribution in [0.4, 0.5) is 0 Å². The number of nitrogens with one attached hydrogen (secondary N) is 1. The maximum atomic E-state index is 11.9. The first-order valence-electron chi connectivity index (χ1n) is 8.33. The van der Waals surface area contributed by atoms with Crippen LogP contribution in [0.2, 0.25) is 0 Å². The summed E-state index contributed by atoms with van der Waals surface area (Å²) in [6, 6.07) is 12.5. The third kappa shape index (κ3) is 3.64. The van der Waals surface area contributed by atoms with E-state index in [1.165, 1.54) is 5.56 Å². The zero-order valence-electron chi connectivity index (χ0n) is 13.8. The molecule has 3 rings (SSSR count). The van der Waals surface area contributed by atoms with Crippen LogP contribution in [0, 0.1) is 6.92 Å². The van der Waals surface area contributed by atoms with E-state index in [1.807, 2.05) is 36.1 Å². The average molecular weight is 312 g/mol. The van der Waals surface area contributed by atoms with Crippen molar-refractivity contribution in [2.75, 3.05) is 13.1 Å². The maximum Gasteiger partial charge on any atom is 0.224 e. The normalized spacial score (nSPS) is 17.9. The zero-order valence-corrected chi connectivity index (χ0v) is 13.8. The number of nitrogens with zero attached hydrogens (tertiary/aromatic N) is 1. The van der Waals surface area contributed by atoms with Crippen molar-refractivity contribution in [3.63, 3.8) is 0 Å². The summed E-state index contributed by atoms with van der Waals surface area (Å²) in [6.45, 7) is 6.48. The molecule has 4 heteroatoms. The van der Waals surface area contributed by atoms with Crippen LogP contribution in [-0.4, -0.2) is 29.9 Å². The van der Waals surface area contributed by atoms with Gasteiger partial charge in [0.05, 0.1) is 0 Å². The summed E-state index contributed by atoms with van der Waals surface area (Å²) in [4.78, 5) is 13.9. The van der Waals surface area contributed by atoms with Gasteiger partial charge in [-0.15, -0.1) is 0 Å². The lowest BCUT2D eigenvalue weighted by Crippen LogP contribution is -2.32. The van der Waals surface area contributed by atoms with E-state index in [0.29, 0.717) is 6.42 Å². The van der Waals surface area contributed by atoms with E-state index in [0.717, 1.165) is 43.1 Å². The van der Waals surface area contributed by atoms with Gasteiger partial charge in [0.2, 0.25) is 5.91 Å². The van der Waals surface area contributed by atoms with Gasteiger partial charge < -0.3 is 14.6 Å². The molecule has 1 aromatic carbocycles. The van der Waals surface area contributed by atoms with E-state index in [1.54, 1.807) is 0 Å². The number of aryl methyl sites for hydroxylation is 1. The second-order valence-corrected chi connectivity index (χ2v) is 6.19. The van der Waals surface area contributed by atoms with Crippen LogP contribution in [0.1, 0.15) is 31.1 Å². The van der Waals surface area contributed by atoms with Crippen LogP contribution in [0.3, 0.4) is 0 Å². The Morgan fingerprint density at radius 1 is 1.26 bits per heavy atom. The minimum Gasteiger partial charge on any atom is -0.461 e. The van der Waals surface area contributed by atoms with Crippen LogP contribution in [0.25, 0.3) is 11.3 Å². The van der Waals surface area contributed by atoms with Crippen LogP contribution in [0.15, 0.2) is 40.8 Å². The van der Waals surface area contributed by atoms with Crippen molar-refractivity contribution in [3.8, 4) is 11.3 Å². The molecule has 1 saturated heterocycles. The molecule has 1 fully saturated rings. The molecule has 0 aliphatic carbocycles. The van der Waals surface area contributed by atoms with Crippen LogP contribution in [-0.2, 0) is 11.3 Å². The number of hydrogen-bond acceptors (Lipinski definition) is 3. The van der Waals surface area contributed by atoms with Gasteiger partial charge in [-0.05, 0) is 31.0 Å². The Bertz CT molecular complexity index is 678. The van der Waals surface area contributed by atoms with Gasteiger partial charge >= 0.3 is 0 Å². The average Bonchev–Trinajstić information content (AvgIpc) is 3.12. The first-order chi connectivity index (χ1) is 11.2. The summed E-state index contributed by atoms with van der Waals surface area (Å²) in [5.74, 6) is 2.08. The topological polar surface area (TPSA) is 45.5 Å². The monoisotopic (exact) mass is 312 g/mol. The molecule has 2 aromatic rings. The molecule has 0 spiro atoms. The van der Waals surface area contributed by atoms with Gasteiger partial charge in [-0.1, -0.05) is 31.2 Å². The summed E-state index contributed by atoms with van der Waals surface area (Å²) in [7, 11) is 0. The smallest absolute Gasteiger partial charge is 0.224 e. The highest BCUT2D eigenvalue weighted by molar-refractivity contribution is 5.79. The Hall–Kier alpha value is -2.07. The lowest BCUT2D eigenvalue weighted by atomic mass is 10.0. The molecule has 1 aromatic heterocycles. The second kappa shape index (κ2) is 7.01. The Morgan fingerprint density at radius 3 is 2.83 bits per heavy atom. The van der Waals surface area contributed by atoms with E-state index in [9.17, 15) is 4.79 Å². The quantitative estimate of drug-likeness (QED) is 0.889. The van der Waals surface area contributed by atoms with Gasteiger partial charge in [-0.2, -0.15) is 0 Å². The van der Waals surface area contributed by atoms with Gasteiger partial charge in [0.15, 0.2) is 0 Å². The van der Waals surface area contributed by atoms with Gasteiger partial charge in [-0.25, -0.2) is 0 Å². The molecular weight excluding hydrogens is 288 g/mol. The van der Waals surface area contributed by atoms with E-state index >= 15 is 0 Å². The number of likely N-dealkylation sites (tertiary alicyclic amines) is 1. The zero-order chi connectivity index (χ0) is 16.2. The summed E-state index contributed by atoms with van der Waals surface area (Å²) in [5.41, 5.74) is 2.31. The van der Waals surface area contributed by atoms with Crippen molar-refractivity contribution in [2.45, 2.75) is 39.3 Å². The molecular formula is C19H24N2O2. The highest BCUT2D eigenvalue weighted by atomic mass is 16.3. The molecule has 23 heavy (non-hydrogen) atoms. The van der Waals surface area contributed by atoms with E-state index in [-0.39, 0.29) is 11.9 Å². The van der Waals surface area contributed by atoms with Gasteiger partial charge in [0, 0.05) is 37.7 Å². The Kier molecular flexibility index (Phi) is 4.82. The van der Waals surface area contributed by atoms with Gasteiger partial charge in [0.1, 0.15) is 11.5 Å². The minimum atomic E-state index is 0.237. The summed E-state index contributed by atoms with van der Waals surface area (Å²) < 4.78 is 5.76. The van der Waals surface area contributed by atoms with Crippen molar-refractivity contribution in [2.24, 2.45) is 0 Å². The molecule has 0 bridgehead atoms. The predicted octanol–water partition coefficient (Wildman–Crippen LogP) is 3.36. The van der Waals surface area contributed by atoms with Crippen LogP contribution >= 0.6 is 0 Å². The fourth-order valence-corrected chi connectivity index (χ4v) is 3.14. The fourth-order valence-electron chi connectivity index (χ4n) is 3.14. The lowest BCUT2D eigenvalue weighted by molar-refractivity contribution is -0.127. The van der Waals surface area contributed by atoms with Crippen molar-refractivity contribution in [1.29, 1.82) is 0 Å². The van der Waals surface area contributed by atoms with E-state index in [2.05, 4.69) is 24.4 Å². The molecule has 1 amide bonds. The number of furan rings is 1. The van der Waals surface area contributed by atoms with Crippen molar-refractivity contribution in [1.82, 2.24) is 10.2 Å². The fraction of sp³-hybridized carbons (Fsp3) is 0.421. The minimum absolute atomic E-state index is 0.237. The first kappa shape index (κ1) is 15.8. The highest BCUT2D eigenvalue weighted by Crippen LogP contribution is 2.26. The molecule has 4 nitrogen and oxygen atoms in total. The molecule has 0 unspecified atom stereocenters. The van der Waals surface area contributed by atoms with Crippen molar-refractivity contribution < 1.29 is 9.21 Å². The molecule has 1 aliphatic rings. The molecule has 1 atom stereocenters. The number of carbonyl (C=O) groups excluding carboxylic acids is 1. The summed E-state index contributed by atoms with van der Waals surface area (Å²) >= 11 is 0. The maximum absolute atomic E-state index is 11.9. The molecule has 2 heterocycles. The Morgan fingerprint density at radius 2 is 2.09 bits per heavy atom. The van der Waals surface area contributed by atoms with Crippen molar-refractivity contribution in [3.05, 3.63) is 47.7 Å². The van der Waals surface area contributed by atoms with Gasteiger partial charge in [0.25, 0.3) is 0 Å². The Balaban J connectivity index is 1.66. The third-order valence-corrected chi connectivity index (χ3v) is 4.31. The van der Waals surface area contributed by atoms with E-state index in [4.69, 9.17) is 4.42 Å². The molecule has 0 saturated carbocycles. The van der Waals surface area contributed by atoms with E-state index < -0.39 is 0 Å². The SMILES string of the molecule is CCCN1C[C@@H](NCc2ccccc2-c2ccc(C)o2)CC1=O. The number of benzene rings is 1. The second-order valence-electron chi connectivity index (χ2n) is 6.19. The predicted molar refractivity (Wildman–Crippen MR) is 91.0 cm³/mol. The molecule has 0 radical (unpaired) electrons. The number of hydrogen-bond donors (Lipinski definition) is 1. The van der Waals surface area contributed by atoms with Crippen LogP contribution < -0.4 is 5.32 Å². The molecule has 1 aliphatic heterocycles. The number of amides is 1. The summed E-state index contributed by atoms with van der Waals surface area (Å²) in [5, 5.41) is 3.53. The van der Waals surface area contributed by atoms with Crippen molar-refractivity contribution >= 4 is 5.91 Å². The first-order valence-corrected chi connectivity index (χ1v) is 8.33. The summed E-state index contributed by atoms with van der Waals surface area (Å²) in [6.07, 6.45) is 1.61. The number of carbonyl (C=O) groups is 1. The highest BCUT2D eigenvalue weighted by Gasteiger charge is 2.28. The Labute approximate surface area is 137 Å². The molecule has 1 N–H and O–H groups in total. The third-order valence-electron chi connectivity index (χ3n) is 4.31. The lowest BCUT2D eigenvalue weighted by Gasteiger charge is -2.16. The standard InChI is InChI=1S/C19H24N2O2/c1-3-10-21-13-16(11-19(21)22)20-12-15-6-4-5-7-17(15)18-9-8-14(2)23-18/h4-9,16,20H,3,10-13H2,1-2H3/t16-/m0/s1.